The molecule has 1 saturated carbocycles. The average Bonchev–Trinajstić information content (AvgIpc) is 3.02. The molecule has 8 heteroatoms. The summed E-state index contributed by atoms with van der Waals surface area (Å²) < 4.78 is 2.49. The molecular weight excluding hydrogens is 434 g/mol. The molecule has 1 aliphatic carbocycles. The van der Waals surface area contributed by atoms with Gasteiger partial charge in [-0.2, -0.15) is 5.10 Å². The molecule has 3 aromatic heterocycles. The number of nitrogens with zero attached hydrogens (tertiary/aromatic N) is 5. The highest BCUT2D eigenvalue weighted by Gasteiger charge is 2.46. The van der Waals surface area contributed by atoms with Gasteiger partial charge in [-0.15, -0.1) is 0 Å². The Bertz CT molecular complexity index is 1260. The van der Waals surface area contributed by atoms with Crippen molar-refractivity contribution in [3.63, 3.8) is 0 Å². The van der Waals surface area contributed by atoms with Crippen molar-refractivity contribution in [2.24, 2.45) is 11.3 Å². The zero-order chi connectivity index (χ0) is 20.2. The van der Waals surface area contributed by atoms with Gasteiger partial charge in [0.1, 0.15) is 10.4 Å². The van der Waals surface area contributed by atoms with Crippen LogP contribution >= 0.6 is 15.9 Å². The number of fused-ring (bicyclic) bond motifs is 2. The van der Waals surface area contributed by atoms with E-state index in [-0.39, 0.29) is 0 Å². The number of hydrogen-bond donors (Lipinski definition) is 1. The van der Waals surface area contributed by atoms with E-state index >= 15 is 0 Å². The van der Waals surface area contributed by atoms with E-state index in [4.69, 9.17) is 4.98 Å². The van der Waals surface area contributed by atoms with Gasteiger partial charge in [0.2, 0.25) is 0 Å². The number of hydrogen-bond acceptors (Lipinski definition) is 5. The first-order valence-electron chi connectivity index (χ1n) is 9.42. The fourth-order valence-electron chi connectivity index (χ4n) is 4.17. The van der Waals surface area contributed by atoms with Gasteiger partial charge in [-0.3, -0.25) is 9.78 Å². The molecular formula is C21H18BrN5O2. The minimum absolute atomic E-state index is 0.292. The van der Waals surface area contributed by atoms with Crippen LogP contribution in [0.5, 0.6) is 0 Å². The summed E-state index contributed by atoms with van der Waals surface area (Å²) in [6.07, 6.45) is 5.54. The summed E-state index contributed by atoms with van der Waals surface area (Å²) in [6, 6.07) is 9.90. The summed E-state index contributed by atoms with van der Waals surface area (Å²) in [6.45, 7) is 1.80. The highest BCUT2D eigenvalue weighted by atomic mass is 79.9. The Balaban J connectivity index is 1.50. The Kier molecular flexibility index (Phi) is 4.13. The van der Waals surface area contributed by atoms with E-state index in [9.17, 15) is 9.90 Å². The van der Waals surface area contributed by atoms with Gasteiger partial charge in [-0.1, -0.05) is 6.07 Å². The number of pyridine rings is 1. The molecule has 1 aromatic carbocycles. The van der Waals surface area contributed by atoms with E-state index in [2.05, 4.69) is 31.0 Å². The molecule has 1 fully saturated rings. The number of carboxylic acids is 1. The molecule has 0 saturated heterocycles. The Morgan fingerprint density at radius 1 is 1.31 bits per heavy atom. The first-order chi connectivity index (χ1) is 13.9. The fraction of sp³-hybridized carbons (Fsp3) is 0.286. The third kappa shape index (κ3) is 3.07. The van der Waals surface area contributed by atoms with Gasteiger partial charge in [0.25, 0.3) is 0 Å². The lowest BCUT2D eigenvalue weighted by Gasteiger charge is -2.41. The summed E-state index contributed by atoms with van der Waals surface area (Å²) >= 11 is 3.51. The van der Waals surface area contributed by atoms with Crippen molar-refractivity contribution >= 4 is 43.8 Å². The molecule has 0 amide bonds. The maximum atomic E-state index is 11.3. The summed E-state index contributed by atoms with van der Waals surface area (Å²) in [5.41, 5.74) is 1.94. The Morgan fingerprint density at radius 3 is 2.93 bits per heavy atom. The standard InChI is InChI=1S/C21H18BrN5O2/c1-21(20(28)29)9-12(10-21)7-17-24-11-15-18(22)26-27(19(15)25-17)14-4-5-16-13(8-14)3-2-6-23-16/h2-6,8,11-12H,7,9-10H2,1H3,(H,28,29). The van der Waals surface area contributed by atoms with Gasteiger partial charge >= 0.3 is 5.97 Å². The molecule has 29 heavy (non-hydrogen) atoms. The molecule has 5 rings (SSSR count). The van der Waals surface area contributed by atoms with Gasteiger partial charge in [0.15, 0.2) is 5.65 Å². The van der Waals surface area contributed by atoms with Gasteiger partial charge in [0.05, 0.1) is 22.0 Å². The Labute approximate surface area is 174 Å². The number of carbonyl (C=O) groups is 1. The third-order valence-corrected chi connectivity index (χ3v) is 6.31. The van der Waals surface area contributed by atoms with Crippen LogP contribution in [-0.4, -0.2) is 35.8 Å². The molecule has 0 spiro atoms. The fourth-order valence-corrected chi connectivity index (χ4v) is 4.61. The lowest BCUT2D eigenvalue weighted by molar-refractivity contribution is -0.156. The minimum Gasteiger partial charge on any atom is -0.481 e. The SMILES string of the molecule is CC1(C(=O)O)CC(Cc2ncc3c(Br)nn(-c4ccc5ncccc5c4)c3n2)C1. The molecule has 0 unspecified atom stereocenters. The zero-order valence-corrected chi connectivity index (χ0v) is 17.3. The highest BCUT2D eigenvalue weighted by molar-refractivity contribution is 9.10. The summed E-state index contributed by atoms with van der Waals surface area (Å²) in [7, 11) is 0. The molecule has 0 aliphatic heterocycles. The summed E-state index contributed by atoms with van der Waals surface area (Å²) in [5, 5.41) is 15.8. The second-order valence-corrected chi connectivity index (χ2v) is 8.70. The maximum absolute atomic E-state index is 11.3. The van der Waals surface area contributed by atoms with Crippen LogP contribution in [0.15, 0.2) is 47.3 Å². The van der Waals surface area contributed by atoms with Gasteiger partial charge in [-0.05, 0) is 65.9 Å². The van der Waals surface area contributed by atoms with Crippen molar-refractivity contribution in [1.82, 2.24) is 24.7 Å². The predicted octanol–water partition coefficient (Wildman–Crippen LogP) is 4.17. The van der Waals surface area contributed by atoms with Crippen LogP contribution in [0.3, 0.4) is 0 Å². The van der Waals surface area contributed by atoms with Gasteiger partial charge < -0.3 is 5.11 Å². The second kappa shape index (κ2) is 6.59. The van der Waals surface area contributed by atoms with E-state index in [1.807, 2.05) is 30.3 Å². The van der Waals surface area contributed by atoms with E-state index < -0.39 is 11.4 Å². The predicted molar refractivity (Wildman–Crippen MR) is 112 cm³/mol. The number of benzene rings is 1. The Hall–Kier alpha value is -2.87. The van der Waals surface area contributed by atoms with Crippen LogP contribution in [0.25, 0.3) is 27.6 Å². The van der Waals surface area contributed by atoms with Crippen molar-refractivity contribution in [2.75, 3.05) is 0 Å². The minimum atomic E-state index is -0.724. The molecule has 7 nitrogen and oxygen atoms in total. The van der Waals surface area contributed by atoms with E-state index in [1.54, 1.807) is 24.0 Å². The lowest BCUT2D eigenvalue weighted by Crippen LogP contribution is -2.42. The van der Waals surface area contributed by atoms with Crippen molar-refractivity contribution in [1.29, 1.82) is 0 Å². The Morgan fingerprint density at radius 2 is 2.14 bits per heavy atom. The molecule has 146 valence electrons. The number of halogens is 1. The van der Waals surface area contributed by atoms with E-state index in [0.29, 0.717) is 35.6 Å². The summed E-state index contributed by atoms with van der Waals surface area (Å²) in [5.74, 6) is 0.282. The molecule has 0 bridgehead atoms. The smallest absolute Gasteiger partial charge is 0.309 e. The normalized spacial score (nSPS) is 21.4. The quantitative estimate of drug-likeness (QED) is 0.500. The van der Waals surface area contributed by atoms with Crippen molar-refractivity contribution in [2.45, 2.75) is 26.2 Å². The topological polar surface area (TPSA) is 93.8 Å². The van der Waals surface area contributed by atoms with E-state index in [0.717, 1.165) is 27.6 Å². The molecule has 0 atom stereocenters. The first kappa shape index (κ1) is 18.2. The van der Waals surface area contributed by atoms with Crippen molar-refractivity contribution in [3.05, 3.63) is 53.2 Å². The van der Waals surface area contributed by atoms with Crippen molar-refractivity contribution in [3.8, 4) is 5.69 Å². The van der Waals surface area contributed by atoms with Crippen LogP contribution in [0.2, 0.25) is 0 Å². The van der Waals surface area contributed by atoms with Gasteiger partial charge in [0, 0.05) is 24.2 Å². The van der Waals surface area contributed by atoms with Crippen LogP contribution < -0.4 is 0 Å². The van der Waals surface area contributed by atoms with Crippen LogP contribution in [0.1, 0.15) is 25.6 Å². The molecule has 1 aliphatic rings. The highest BCUT2D eigenvalue weighted by Crippen LogP contribution is 2.46. The number of aromatic nitrogens is 5. The average molecular weight is 452 g/mol. The number of aliphatic carboxylic acids is 1. The van der Waals surface area contributed by atoms with Gasteiger partial charge in [-0.25, -0.2) is 14.6 Å². The van der Waals surface area contributed by atoms with Crippen LogP contribution in [0.4, 0.5) is 0 Å². The molecule has 4 aromatic rings. The van der Waals surface area contributed by atoms with E-state index in [1.165, 1.54) is 0 Å². The summed E-state index contributed by atoms with van der Waals surface area (Å²) in [4.78, 5) is 24.9. The van der Waals surface area contributed by atoms with Crippen molar-refractivity contribution < 1.29 is 9.90 Å². The zero-order valence-electron chi connectivity index (χ0n) is 15.7. The monoisotopic (exact) mass is 451 g/mol. The van der Waals surface area contributed by atoms with Crippen LogP contribution in [0, 0.1) is 11.3 Å². The third-order valence-electron chi connectivity index (χ3n) is 5.73. The largest absolute Gasteiger partial charge is 0.481 e. The maximum Gasteiger partial charge on any atom is 0.309 e. The molecule has 0 radical (unpaired) electrons. The lowest BCUT2D eigenvalue weighted by atomic mass is 9.62. The van der Waals surface area contributed by atoms with Crippen LogP contribution in [-0.2, 0) is 11.2 Å². The number of carboxylic acid groups (broad SMARTS) is 1. The number of rotatable bonds is 4. The molecule has 3 heterocycles. The second-order valence-electron chi connectivity index (χ2n) is 7.95. The first-order valence-corrected chi connectivity index (χ1v) is 10.2. The molecule has 1 N–H and O–H groups in total.